The lowest BCUT2D eigenvalue weighted by molar-refractivity contribution is -0.134. The van der Waals surface area contributed by atoms with Crippen molar-refractivity contribution in [2.45, 2.75) is 27.2 Å². The molecule has 0 aliphatic heterocycles. The van der Waals surface area contributed by atoms with Crippen LogP contribution in [0, 0.1) is 25.7 Å². The zero-order valence-electron chi connectivity index (χ0n) is 12.6. The summed E-state index contributed by atoms with van der Waals surface area (Å²) >= 11 is 0. The van der Waals surface area contributed by atoms with Crippen LogP contribution in [0.5, 0.6) is 0 Å². The molecule has 1 aliphatic rings. The van der Waals surface area contributed by atoms with Crippen LogP contribution in [0.25, 0.3) is 0 Å². The van der Waals surface area contributed by atoms with E-state index in [-0.39, 0.29) is 24.3 Å². The second-order valence-electron chi connectivity index (χ2n) is 5.88. The predicted octanol–water partition coefficient (Wildman–Crippen LogP) is 2.36. The lowest BCUT2D eigenvalue weighted by atomic mass is 10.1. The summed E-state index contributed by atoms with van der Waals surface area (Å²) in [6, 6.07) is 5.93. The fourth-order valence-corrected chi connectivity index (χ4v) is 2.30. The maximum absolute atomic E-state index is 12.0. The molecule has 1 N–H and O–H groups in total. The van der Waals surface area contributed by atoms with Gasteiger partial charge in [0.2, 0.25) is 11.8 Å². The Morgan fingerprint density at radius 3 is 2.60 bits per heavy atom. The van der Waals surface area contributed by atoms with Gasteiger partial charge in [0.1, 0.15) is 0 Å². The number of benzene rings is 1. The van der Waals surface area contributed by atoms with E-state index in [0.717, 1.165) is 23.2 Å². The first-order chi connectivity index (χ1) is 9.38. The summed E-state index contributed by atoms with van der Waals surface area (Å²) in [7, 11) is 1.69. The van der Waals surface area contributed by atoms with E-state index < -0.39 is 0 Å². The number of anilines is 1. The zero-order valence-corrected chi connectivity index (χ0v) is 12.6. The molecule has 4 heteroatoms. The number of carbonyl (C=O) groups is 2. The van der Waals surface area contributed by atoms with Gasteiger partial charge in [-0.05, 0) is 43.4 Å². The molecular weight excluding hydrogens is 252 g/mol. The molecule has 2 amide bonds. The van der Waals surface area contributed by atoms with Crippen molar-refractivity contribution >= 4 is 17.5 Å². The lowest BCUT2D eigenvalue weighted by Crippen LogP contribution is -2.36. The van der Waals surface area contributed by atoms with Crippen molar-refractivity contribution in [1.29, 1.82) is 0 Å². The van der Waals surface area contributed by atoms with Gasteiger partial charge in [0.25, 0.3) is 0 Å². The first-order valence-corrected chi connectivity index (χ1v) is 7.00. The number of hydrogen-bond acceptors (Lipinski definition) is 2. The van der Waals surface area contributed by atoms with Crippen molar-refractivity contribution in [2.75, 3.05) is 18.9 Å². The quantitative estimate of drug-likeness (QED) is 0.916. The number of amides is 2. The molecule has 2 unspecified atom stereocenters. The van der Waals surface area contributed by atoms with E-state index in [9.17, 15) is 9.59 Å². The third-order valence-electron chi connectivity index (χ3n) is 3.85. The van der Waals surface area contributed by atoms with Crippen LogP contribution >= 0.6 is 0 Å². The van der Waals surface area contributed by atoms with Crippen molar-refractivity contribution in [3.63, 3.8) is 0 Å². The molecule has 0 radical (unpaired) electrons. The molecule has 1 aromatic carbocycles. The van der Waals surface area contributed by atoms with Gasteiger partial charge in [-0.3, -0.25) is 9.59 Å². The molecule has 108 valence electrons. The Bertz CT molecular complexity index is 539. The zero-order chi connectivity index (χ0) is 14.9. The molecule has 1 fully saturated rings. The number of hydrogen-bond donors (Lipinski definition) is 1. The van der Waals surface area contributed by atoms with Crippen LogP contribution in [0.15, 0.2) is 18.2 Å². The number of carbonyl (C=O) groups excluding carboxylic acids is 2. The van der Waals surface area contributed by atoms with Gasteiger partial charge < -0.3 is 10.2 Å². The fraction of sp³-hybridized carbons (Fsp3) is 0.500. The summed E-state index contributed by atoms with van der Waals surface area (Å²) in [5.74, 6) is 0.511. The van der Waals surface area contributed by atoms with E-state index >= 15 is 0 Å². The van der Waals surface area contributed by atoms with Gasteiger partial charge in [-0.25, -0.2) is 0 Å². The summed E-state index contributed by atoms with van der Waals surface area (Å²) in [6.07, 6.45) is 0.946. The SMILES string of the molecule is Cc1ccc(C)c(NC(=O)CN(C)C(=O)C2CC2C)c1. The highest BCUT2D eigenvalue weighted by Gasteiger charge is 2.40. The van der Waals surface area contributed by atoms with Crippen LogP contribution in [0.4, 0.5) is 5.69 Å². The van der Waals surface area contributed by atoms with Crippen molar-refractivity contribution in [3.05, 3.63) is 29.3 Å². The molecule has 0 heterocycles. The minimum atomic E-state index is -0.150. The Labute approximate surface area is 120 Å². The Morgan fingerprint density at radius 1 is 1.35 bits per heavy atom. The molecule has 1 aliphatic carbocycles. The monoisotopic (exact) mass is 274 g/mol. The smallest absolute Gasteiger partial charge is 0.243 e. The number of nitrogens with one attached hydrogen (secondary N) is 1. The van der Waals surface area contributed by atoms with Crippen LogP contribution in [0.2, 0.25) is 0 Å². The third kappa shape index (κ3) is 3.38. The minimum Gasteiger partial charge on any atom is -0.336 e. The van der Waals surface area contributed by atoms with Gasteiger partial charge in [-0.1, -0.05) is 19.1 Å². The Morgan fingerprint density at radius 2 is 2.00 bits per heavy atom. The normalized spacial score (nSPS) is 20.4. The maximum atomic E-state index is 12.0. The predicted molar refractivity (Wildman–Crippen MR) is 79.5 cm³/mol. The second-order valence-corrected chi connectivity index (χ2v) is 5.88. The second kappa shape index (κ2) is 5.65. The summed E-state index contributed by atoms with van der Waals surface area (Å²) < 4.78 is 0. The highest BCUT2D eigenvalue weighted by atomic mass is 16.2. The molecule has 0 saturated heterocycles. The Hall–Kier alpha value is -1.84. The van der Waals surface area contributed by atoms with Crippen molar-refractivity contribution in [3.8, 4) is 0 Å². The average Bonchev–Trinajstić information content (AvgIpc) is 3.10. The van der Waals surface area contributed by atoms with Crippen LogP contribution in [-0.2, 0) is 9.59 Å². The van der Waals surface area contributed by atoms with Crippen LogP contribution in [0.3, 0.4) is 0 Å². The first-order valence-electron chi connectivity index (χ1n) is 7.00. The molecule has 0 bridgehead atoms. The van der Waals surface area contributed by atoms with Crippen molar-refractivity contribution in [2.24, 2.45) is 11.8 Å². The molecule has 1 aromatic rings. The molecular formula is C16H22N2O2. The molecule has 2 atom stereocenters. The van der Waals surface area contributed by atoms with E-state index in [1.807, 2.05) is 32.0 Å². The van der Waals surface area contributed by atoms with E-state index in [1.54, 1.807) is 7.05 Å². The molecule has 2 rings (SSSR count). The number of nitrogens with zero attached hydrogens (tertiary/aromatic N) is 1. The van der Waals surface area contributed by atoms with Gasteiger partial charge in [0.15, 0.2) is 0 Å². The highest BCUT2D eigenvalue weighted by molar-refractivity contribution is 5.95. The topological polar surface area (TPSA) is 49.4 Å². The van der Waals surface area contributed by atoms with E-state index in [0.29, 0.717) is 5.92 Å². The standard InChI is InChI=1S/C16H22N2O2/c1-10-5-6-11(2)14(7-10)17-15(19)9-18(4)16(20)13-8-12(13)3/h5-7,12-13H,8-9H2,1-4H3,(H,17,19). The van der Waals surface area contributed by atoms with Gasteiger partial charge in [0.05, 0.1) is 6.54 Å². The molecule has 1 saturated carbocycles. The minimum absolute atomic E-state index is 0.0774. The van der Waals surface area contributed by atoms with Gasteiger partial charge in [0, 0.05) is 18.7 Å². The average molecular weight is 274 g/mol. The van der Waals surface area contributed by atoms with Gasteiger partial charge >= 0.3 is 0 Å². The highest BCUT2D eigenvalue weighted by Crippen LogP contribution is 2.38. The van der Waals surface area contributed by atoms with Crippen LogP contribution < -0.4 is 5.32 Å². The van der Waals surface area contributed by atoms with Gasteiger partial charge in [-0.15, -0.1) is 0 Å². The molecule has 4 nitrogen and oxygen atoms in total. The van der Waals surface area contributed by atoms with E-state index in [1.165, 1.54) is 4.90 Å². The fourth-order valence-electron chi connectivity index (χ4n) is 2.30. The first kappa shape index (κ1) is 14.6. The van der Waals surface area contributed by atoms with Crippen LogP contribution in [-0.4, -0.2) is 30.3 Å². The van der Waals surface area contributed by atoms with E-state index in [2.05, 4.69) is 12.2 Å². The molecule has 0 aromatic heterocycles. The third-order valence-corrected chi connectivity index (χ3v) is 3.85. The summed E-state index contributed by atoms with van der Waals surface area (Å²) in [6.45, 7) is 6.11. The Balaban J connectivity index is 1.92. The van der Waals surface area contributed by atoms with Crippen molar-refractivity contribution in [1.82, 2.24) is 4.90 Å². The summed E-state index contributed by atoms with van der Waals surface area (Å²) in [5, 5.41) is 2.87. The number of aryl methyl sites for hydroxylation is 2. The van der Waals surface area contributed by atoms with Crippen LogP contribution in [0.1, 0.15) is 24.5 Å². The van der Waals surface area contributed by atoms with Crippen molar-refractivity contribution < 1.29 is 9.59 Å². The number of likely N-dealkylation sites (N-methyl/N-ethyl adjacent to an activating group) is 1. The largest absolute Gasteiger partial charge is 0.336 e. The molecule has 20 heavy (non-hydrogen) atoms. The lowest BCUT2D eigenvalue weighted by Gasteiger charge is -2.17. The van der Waals surface area contributed by atoms with Gasteiger partial charge in [-0.2, -0.15) is 0 Å². The number of rotatable bonds is 4. The molecule has 0 spiro atoms. The Kier molecular flexibility index (Phi) is 4.12. The maximum Gasteiger partial charge on any atom is 0.243 e. The summed E-state index contributed by atoms with van der Waals surface area (Å²) in [4.78, 5) is 25.5. The summed E-state index contributed by atoms with van der Waals surface area (Å²) in [5.41, 5.74) is 2.94. The van der Waals surface area contributed by atoms with E-state index in [4.69, 9.17) is 0 Å².